The molecule has 0 aromatic heterocycles. The van der Waals surface area contributed by atoms with Crippen molar-refractivity contribution in [3.63, 3.8) is 0 Å². The van der Waals surface area contributed by atoms with Crippen molar-refractivity contribution in [3.05, 3.63) is 71.0 Å². The number of hydrogen-bond donors (Lipinski definition) is 1. The zero-order valence-corrected chi connectivity index (χ0v) is 8.99. The number of halogens is 1. The average molecular weight is 215 g/mol. The summed E-state index contributed by atoms with van der Waals surface area (Å²) in [6.45, 7) is 0.553. The van der Waals surface area contributed by atoms with Gasteiger partial charge >= 0.3 is 0 Å². The van der Waals surface area contributed by atoms with Gasteiger partial charge in [0.1, 0.15) is 5.82 Å². The van der Waals surface area contributed by atoms with E-state index in [2.05, 4.69) is 12.1 Å². The van der Waals surface area contributed by atoms with E-state index < -0.39 is 0 Å². The highest BCUT2D eigenvalue weighted by atomic mass is 19.1. The zero-order valence-electron chi connectivity index (χ0n) is 8.99. The van der Waals surface area contributed by atoms with E-state index >= 15 is 0 Å². The third-order valence-corrected chi connectivity index (χ3v) is 2.55. The largest absolute Gasteiger partial charge is 0.326 e. The van der Waals surface area contributed by atoms with Gasteiger partial charge in [0, 0.05) is 6.54 Å². The van der Waals surface area contributed by atoms with E-state index in [1.807, 2.05) is 24.3 Å². The molecule has 2 N–H and O–H groups in total. The molecule has 0 radical (unpaired) electrons. The van der Waals surface area contributed by atoms with Gasteiger partial charge in [0.05, 0.1) is 0 Å². The smallest absolute Gasteiger partial charge is 0.123 e. The predicted molar refractivity (Wildman–Crippen MR) is 63.5 cm³/mol. The van der Waals surface area contributed by atoms with Crippen LogP contribution in [-0.4, -0.2) is 0 Å². The van der Waals surface area contributed by atoms with Gasteiger partial charge in [0.2, 0.25) is 0 Å². The molecule has 0 saturated heterocycles. The van der Waals surface area contributed by atoms with E-state index in [0.29, 0.717) is 6.54 Å². The van der Waals surface area contributed by atoms with Gasteiger partial charge in [-0.2, -0.15) is 0 Å². The fourth-order valence-electron chi connectivity index (χ4n) is 1.70. The van der Waals surface area contributed by atoms with Crippen molar-refractivity contribution < 1.29 is 4.39 Å². The maximum atomic E-state index is 12.7. The van der Waals surface area contributed by atoms with Crippen molar-refractivity contribution in [1.82, 2.24) is 0 Å². The summed E-state index contributed by atoms with van der Waals surface area (Å²) in [6.07, 6.45) is 0.814. The first-order chi connectivity index (χ1) is 7.78. The summed E-state index contributed by atoms with van der Waals surface area (Å²) in [4.78, 5) is 0. The van der Waals surface area contributed by atoms with Crippen LogP contribution in [0.15, 0.2) is 48.5 Å². The minimum absolute atomic E-state index is 0.195. The molecule has 0 unspecified atom stereocenters. The second-order valence-corrected chi connectivity index (χ2v) is 3.83. The van der Waals surface area contributed by atoms with Crippen LogP contribution in [0.2, 0.25) is 0 Å². The van der Waals surface area contributed by atoms with E-state index in [1.54, 1.807) is 0 Å². The molecule has 0 spiro atoms. The SMILES string of the molecule is NCc1cccc(Cc2ccc(F)cc2)c1. The summed E-state index contributed by atoms with van der Waals surface area (Å²) in [5.41, 5.74) is 9.02. The second-order valence-electron chi connectivity index (χ2n) is 3.83. The van der Waals surface area contributed by atoms with Crippen molar-refractivity contribution in [3.8, 4) is 0 Å². The summed E-state index contributed by atoms with van der Waals surface area (Å²) >= 11 is 0. The second kappa shape index (κ2) is 4.90. The minimum atomic E-state index is -0.195. The molecule has 0 bridgehead atoms. The predicted octanol–water partition coefficient (Wildman–Crippen LogP) is 2.88. The van der Waals surface area contributed by atoms with Gasteiger partial charge in [-0.25, -0.2) is 4.39 Å². The number of nitrogens with two attached hydrogens (primary N) is 1. The quantitative estimate of drug-likeness (QED) is 0.837. The molecule has 0 aliphatic rings. The number of benzene rings is 2. The Kier molecular flexibility index (Phi) is 3.32. The lowest BCUT2D eigenvalue weighted by Gasteiger charge is -2.04. The highest BCUT2D eigenvalue weighted by molar-refractivity contribution is 5.29. The Hall–Kier alpha value is -1.67. The van der Waals surface area contributed by atoms with E-state index in [-0.39, 0.29) is 5.82 Å². The molecular formula is C14H14FN. The monoisotopic (exact) mass is 215 g/mol. The Morgan fingerprint density at radius 1 is 0.875 bits per heavy atom. The lowest BCUT2D eigenvalue weighted by Crippen LogP contribution is -1.97. The Balaban J connectivity index is 2.16. The van der Waals surface area contributed by atoms with Crippen LogP contribution in [0.3, 0.4) is 0 Å². The molecular weight excluding hydrogens is 201 g/mol. The van der Waals surface area contributed by atoms with Crippen molar-refractivity contribution in [2.45, 2.75) is 13.0 Å². The normalized spacial score (nSPS) is 10.4. The Morgan fingerprint density at radius 2 is 1.56 bits per heavy atom. The summed E-state index contributed by atoms with van der Waals surface area (Å²) in [7, 11) is 0. The van der Waals surface area contributed by atoms with Crippen molar-refractivity contribution in [1.29, 1.82) is 0 Å². The highest BCUT2D eigenvalue weighted by Crippen LogP contribution is 2.12. The van der Waals surface area contributed by atoms with Crippen LogP contribution in [0.1, 0.15) is 16.7 Å². The van der Waals surface area contributed by atoms with Gasteiger partial charge in [0.15, 0.2) is 0 Å². The lowest BCUT2D eigenvalue weighted by atomic mass is 10.0. The molecule has 0 aliphatic carbocycles. The van der Waals surface area contributed by atoms with Gasteiger partial charge in [-0.15, -0.1) is 0 Å². The average Bonchev–Trinajstić information content (AvgIpc) is 2.32. The minimum Gasteiger partial charge on any atom is -0.326 e. The Morgan fingerprint density at radius 3 is 2.25 bits per heavy atom. The summed E-state index contributed by atoms with van der Waals surface area (Å²) in [5, 5.41) is 0. The van der Waals surface area contributed by atoms with Gasteiger partial charge in [-0.1, -0.05) is 36.4 Å². The number of hydrogen-bond acceptors (Lipinski definition) is 1. The lowest BCUT2D eigenvalue weighted by molar-refractivity contribution is 0.627. The first-order valence-electron chi connectivity index (χ1n) is 5.30. The summed E-state index contributed by atoms with van der Waals surface area (Å²) < 4.78 is 12.7. The molecule has 2 heteroatoms. The van der Waals surface area contributed by atoms with E-state index in [0.717, 1.165) is 17.5 Å². The topological polar surface area (TPSA) is 26.0 Å². The van der Waals surface area contributed by atoms with E-state index in [9.17, 15) is 4.39 Å². The Bertz CT molecular complexity index is 462. The van der Waals surface area contributed by atoms with Crippen LogP contribution in [0.4, 0.5) is 4.39 Å². The fraction of sp³-hybridized carbons (Fsp3) is 0.143. The molecule has 0 amide bonds. The molecule has 1 nitrogen and oxygen atoms in total. The molecule has 0 saturated carbocycles. The maximum Gasteiger partial charge on any atom is 0.123 e. The molecule has 2 aromatic rings. The molecule has 0 heterocycles. The van der Waals surface area contributed by atoms with Gasteiger partial charge in [0.25, 0.3) is 0 Å². The Labute approximate surface area is 94.7 Å². The molecule has 2 rings (SSSR count). The zero-order chi connectivity index (χ0) is 11.4. The fourth-order valence-corrected chi connectivity index (χ4v) is 1.70. The van der Waals surface area contributed by atoms with Crippen LogP contribution in [0.25, 0.3) is 0 Å². The first-order valence-corrected chi connectivity index (χ1v) is 5.30. The molecule has 0 fully saturated rings. The van der Waals surface area contributed by atoms with Crippen LogP contribution >= 0.6 is 0 Å². The van der Waals surface area contributed by atoms with Crippen molar-refractivity contribution in [2.24, 2.45) is 5.73 Å². The summed E-state index contributed by atoms with van der Waals surface area (Å²) in [5.74, 6) is -0.195. The molecule has 82 valence electrons. The third kappa shape index (κ3) is 2.67. The standard InChI is InChI=1S/C14H14FN/c15-14-6-4-11(5-7-14)8-12-2-1-3-13(9-12)10-16/h1-7,9H,8,10,16H2. The maximum absolute atomic E-state index is 12.7. The van der Waals surface area contributed by atoms with Crippen molar-refractivity contribution >= 4 is 0 Å². The van der Waals surface area contributed by atoms with Gasteiger partial charge in [-0.3, -0.25) is 0 Å². The summed E-state index contributed by atoms with van der Waals surface area (Å²) in [6, 6.07) is 14.8. The van der Waals surface area contributed by atoms with Crippen LogP contribution < -0.4 is 5.73 Å². The number of rotatable bonds is 3. The van der Waals surface area contributed by atoms with Gasteiger partial charge < -0.3 is 5.73 Å². The van der Waals surface area contributed by atoms with Crippen LogP contribution in [0.5, 0.6) is 0 Å². The molecule has 16 heavy (non-hydrogen) atoms. The molecule has 2 aromatic carbocycles. The first kappa shape index (κ1) is 10.8. The highest BCUT2D eigenvalue weighted by Gasteiger charge is 1.98. The van der Waals surface area contributed by atoms with Crippen LogP contribution in [0, 0.1) is 5.82 Å². The van der Waals surface area contributed by atoms with Gasteiger partial charge in [-0.05, 0) is 35.2 Å². The van der Waals surface area contributed by atoms with Crippen molar-refractivity contribution in [2.75, 3.05) is 0 Å². The third-order valence-electron chi connectivity index (χ3n) is 2.55. The van der Waals surface area contributed by atoms with Crippen LogP contribution in [-0.2, 0) is 13.0 Å². The van der Waals surface area contributed by atoms with E-state index in [4.69, 9.17) is 5.73 Å². The molecule has 0 atom stereocenters. The van der Waals surface area contributed by atoms with E-state index in [1.165, 1.54) is 17.7 Å². The molecule has 0 aliphatic heterocycles.